The van der Waals surface area contributed by atoms with Crippen LogP contribution in [0.15, 0.2) is 18.2 Å². The zero-order chi connectivity index (χ0) is 13.2. The van der Waals surface area contributed by atoms with Gasteiger partial charge in [0.25, 0.3) is 0 Å². The third kappa shape index (κ3) is 2.20. The van der Waals surface area contributed by atoms with E-state index in [0.717, 1.165) is 36.3 Å². The van der Waals surface area contributed by atoms with E-state index in [2.05, 4.69) is 5.32 Å². The van der Waals surface area contributed by atoms with Gasteiger partial charge in [-0.2, -0.15) is 0 Å². The monoisotopic (exact) mass is 248 g/mol. The van der Waals surface area contributed by atoms with Crippen molar-refractivity contribution in [2.45, 2.75) is 26.2 Å². The molecule has 0 aliphatic heterocycles. The average molecular weight is 248 g/mol. The number of aryl methyl sites for hydroxylation is 1. The zero-order valence-corrected chi connectivity index (χ0v) is 11.0. The first-order valence-electron chi connectivity index (χ1n) is 6.27. The van der Waals surface area contributed by atoms with E-state index in [1.165, 1.54) is 0 Å². The molecular formula is C14H20N2O2. The van der Waals surface area contributed by atoms with E-state index in [4.69, 9.17) is 10.5 Å². The van der Waals surface area contributed by atoms with Crippen LogP contribution in [0.1, 0.15) is 24.8 Å². The van der Waals surface area contributed by atoms with Gasteiger partial charge in [-0.15, -0.1) is 0 Å². The Bertz CT molecular complexity index is 448. The first-order valence-corrected chi connectivity index (χ1v) is 6.27. The highest BCUT2D eigenvalue weighted by molar-refractivity contribution is 5.96. The molecule has 0 radical (unpaired) electrons. The van der Waals surface area contributed by atoms with E-state index in [1.54, 1.807) is 7.11 Å². The second-order valence-electron chi connectivity index (χ2n) is 4.98. The number of anilines is 1. The summed E-state index contributed by atoms with van der Waals surface area (Å²) >= 11 is 0. The average Bonchev–Trinajstić information content (AvgIpc) is 2.28. The standard InChI is InChI=1S/C14H20N2O2/c1-10-8-11(4-5-12(10)18-2)16-13(17)14(9-15)6-3-7-14/h4-5,8H,3,6-7,9,15H2,1-2H3,(H,16,17). The van der Waals surface area contributed by atoms with Gasteiger partial charge in [-0.3, -0.25) is 4.79 Å². The van der Waals surface area contributed by atoms with E-state index in [-0.39, 0.29) is 11.3 Å². The number of amides is 1. The fourth-order valence-corrected chi connectivity index (χ4v) is 2.35. The molecule has 3 N–H and O–H groups in total. The maximum atomic E-state index is 12.2. The Morgan fingerprint density at radius 2 is 2.22 bits per heavy atom. The molecular weight excluding hydrogens is 228 g/mol. The molecule has 1 amide bonds. The Labute approximate surface area is 108 Å². The number of ether oxygens (including phenoxy) is 1. The van der Waals surface area contributed by atoms with Crippen molar-refractivity contribution in [1.82, 2.24) is 0 Å². The van der Waals surface area contributed by atoms with Crippen LogP contribution < -0.4 is 15.8 Å². The summed E-state index contributed by atoms with van der Waals surface area (Å²) < 4.78 is 5.19. The van der Waals surface area contributed by atoms with Gasteiger partial charge >= 0.3 is 0 Å². The van der Waals surface area contributed by atoms with E-state index in [1.807, 2.05) is 25.1 Å². The van der Waals surface area contributed by atoms with Gasteiger partial charge in [0.15, 0.2) is 0 Å². The lowest BCUT2D eigenvalue weighted by atomic mass is 9.68. The molecule has 0 saturated heterocycles. The number of methoxy groups -OCH3 is 1. The Morgan fingerprint density at radius 1 is 1.50 bits per heavy atom. The summed E-state index contributed by atoms with van der Waals surface area (Å²) in [5, 5.41) is 2.95. The van der Waals surface area contributed by atoms with Crippen LogP contribution in [0.25, 0.3) is 0 Å². The second kappa shape index (κ2) is 4.98. The normalized spacial score (nSPS) is 16.8. The number of hydrogen-bond donors (Lipinski definition) is 2. The highest BCUT2D eigenvalue weighted by Crippen LogP contribution is 2.40. The molecule has 4 heteroatoms. The molecule has 1 saturated carbocycles. The van der Waals surface area contributed by atoms with Crippen LogP contribution in [0.2, 0.25) is 0 Å². The van der Waals surface area contributed by atoms with E-state index in [9.17, 15) is 4.79 Å². The molecule has 4 nitrogen and oxygen atoms in total. The quantitative estimate of drug-likeness (QED) is 0.857. The van der Waals surface area contributed by atoms with Crippen molar-refractivity contribution in [3.8, 4) is 5.75 Å². The summed E-state index contributed by atoms with van der Waals surface area (Å²) in [6, 6.07) is 5.63. The van der Waals surface area contributed by atoms with Crippen molar-refractivity contribution in [2.75, 3.05) is 19.0 Å². The van der Waals surface area contributed by atoms with Crippen LogP contribution in [-0.2, 0) is 4.79 Å². The summed E-state index contributed by atoms with van der Waals surface area (Å²) in [6.07, 6.45) is 2.88. The second-order valence-corrected chi connectivity index (χ2v) is 4.98. The molecule has 0 atom stereocenters. The maximum absolute atomic E-state index is 12.2. The smallest absolute Gasteiger partial charge is 0.231 e. The van der Waals surface area contributed by atoms with Crippen molar-refractivity contribution in [1.29, 1.82) is 0 Å². The fourth-order valence-electron chi connectivity index (χ4n) is 2.35. The number of nitrogens with one attached hydrogen (secondary N) is 1. The molecule has 0 bridgehead atoms. The Kier molecular flexibility index (Phi) is 3.57. The van der Waals surface area contributed by atoms with Crippen LogP contribution in [0.3, 0.4) is 0 Å². The lowest BCUT2D eigenvalue weighted by molar-refractivity contribution is -0.129. The third-order valence-corrected chi connectivity index (χ3v) is 3.84. The Morgan fingerprint density at radius 3 is 2.67 bits per heavy atom. The molecule has 0 unspecified atom stereocenters. The minimum Gasteiger partial charge on any atom is -0.496 e. The predicted octanol–water partition coefficient (Wildman–Crippen LogP) is 2.07. The van der Waals surface area contributed by atoms with Crippen LogP contribution in [0.4, 0.5) is 5.69 Å². The van der Waals surface area contributed by atoms with E-state index < -0.39 is 0 Å². The molecule has 1 aliphatic carbocycles. The van der Waals surface area contributed by atoms with Gasteiger partial charge < -0.3 is 15.8 Å². The summed E-state index contributed by atoms with van der Waals surface area (Å²) in [6.45, 7) is 2.38. The highest BCUT2D eigenvalue weighted by Gasteiger charge is 2.42. The minimum absolute atomic E-state index is 0.0424. The van der Waals surface area contributed by atoms with Crippen molar-refractivity contribution in [2.24, 2.45) is 11.1 Å². The summed E-state index contributed by atoms with van der Waals surface area (Å²) in [5.74, 6) is 0.867. The van der Waals surface area contributed by atoms with Crippen molar-refractivity contribution >= 4 is 11.6 Å². The number of rotatable bonds is 4. The molecule has 98 valence electrons. The number of hydrogen-bond acceptors (Lipinski definition) is 3. The van der Waals surface area contributed by atoms with Crippen molar-refractivity contribution in [3.63, 3.8) is 0 Å². The third-order valence-electron chi connectivity index (χ3n) is 3.84. The maximum Gasteiger partial charge on any atom is 0.231 e. The first-order chi connectivity index (χ1) is 8.61. The number of benzene rings is 1. The Balaban J connectivity index is 2.10. The molecule has 18 heavy (non-hydrogen) atoms. The number of carbonyl (C=O) groups is 1. The van der Waals surface area contributed by atoms with Gasteiger partial charge in [0.05, 0.1) is 12.5 Å². The molecule has 1 aromatic carbocycles. The first kappa shape index (κ1) is 12.9. The molecule has 0 spiro atoms. The van der Waals surface area contributed by atoms with Crippen molar-refractivity contribution in [3.05, 3.63) is 23.8 Å². The Hall–Kier alpha value is -1.55. The van der Waals surface area contributed by atoms with Crippen LogP contribution in [0.5, 0.6) is 5.75 Å². The number of nitrogens with two attached hydrogens (primary N) is 1. The molecule has 1 aliphatic rings. The van der Waals surface area contributed by atoms with Crippen LogP contribution >= 0.6 is 0 Å². The molecule has 1 fully saturated rings. The summed E-state index contributed by atoms with van der Waals surface area (Å²) in [5.41, 5.74) is 7.19. The van der Waals surface area contributed by atoms with E-state index >= 15 is 0 Å². The molecule has 0 aromatic heterocycles. The predicted molar refractivity (Wildman–Crippen MR) is 71.7 cm³/mol. The highest BCUT2D eigenvalue weighted by atomic mass is 16.5. The topological polar surface area (TPSA) is 64.3 Å². The number of carbonyl (C=O) groups excluding carboxylic acids is 1. The molecule has 0 heterocycles. The van der Waals surface area contributed by atoms with Crippen molar-refractivity contribution < 1.29 is 9.53 Å². The van der Waals surface area contributed by atoms with Gasteiger partial charge in [0.1, 0.15) is 5.75 Å². The van der Waals surface area contributed by atoms with Gasteiger partial charge in [0.2, 0.25) is 5.91 Å². The summed E-state index contributed by atoms with van der Waals surface area (Å²) in [7, 11) is 1.64. The van der Waals surface area contributed by atoms with Gasteiger partial charge in [-0.25, -0.2) is 0 Å². The van der Waals surface area contributed by atoms with Gasteiger partial charge in [-0.1, -0.05) is 6.42 Å². The molecule has 2 rings (SSSR count). The fraction of sp³-hybridized carbons (Fsp3) is 0.500. The zero-order valence-electron chi connectivity index (χ0n) is 11.0. The van der Waals surface area contributed by atoms with Gasteiger partial charge in [-0.05, 0) is 43.5 Å². The summed E-state index contributed by atoms with van der Waals surface area (Å²) in [4.78, 5) is 12.2. The van der Waals surface area contributed by atoms with E-state index in [0.29, 0.717) is 6.54 Å². The largest absolute Gasteiger partial charge is 0.496 e. The SMILES string of the molecule is COc1ccc(NC(=O)C2(CN)CCC2)cc1C. The molecule has 1 aromatic rings. The lowest BCUT2D eigenvalue weighted by Gasteiger charge is -2.39. The van der Waals surface area contributed by atoms with Crippen LogP contribution in [0, 0.1) is 12.3 Å². The lowest BCUT2D eigenvalue weighted by Crippen LogP contribution is -2.47. The van der Waals surface area contributed by atoms with Gasteiger partial charge in [0, 0.05) is 12.2 Å². The van der Waals surface area contributed by atoms with Crippen LogP contribution in [-0.4, -0.2) is 19.6 Å². The minimum atomic E-state index is -0.339.